The molecule has 0 aliphatic heterocycles. The fraction of sp³-hybridized carbons (Fsp3) is 0.211. The van der Waals surface area contributed by atoms with Crippen molar-refractivity contribution in [3.05, 3.63) is 65.5 Å². The van der Waals surface area contributed by atoms with Gasteiger partial charge in [-0.1, -0.05) is 31.5 Å². The quantitative estimate of drug-likeness (QED) is 0.400. The van der Waals surface area contributed by atoms with Gasteiger partial charge in [0.05, 0.1) is 18.7 Å². The Labute approximate surface area is 163 Å². The SMILES string of the molecule is CCCc1ccc(C(=O)[O-])cc1CN(C=O)c1cnc2ccccn12.[Li+]. The van der Waals surface area contributed by atoms with E-state index in [1.165, 1.54) is 4.90 Å². The molecule has 0 saturated carbocycles. The molecule has 26 heavy (non-hydrogen) atoms. The molecule has 0 N–H and O–H groups in total. The van der Waals surface area contributed by atoms with Gasteiger partial charge in [-0.05, 0) is 41.3 Å². The number of aryl methyl sites for hydroxylation is 1. The summed E-state index contributed by atoms with van der Waals surface area (Å²) >= 11 is 0. The molecule has 6 nitrogen and oxygen atoms in total. The molecule has 1 aromatic carbocycles. The monoisotopic (exact) mass is 343 g/mol. The maximum Gasteiger partial charge on any atom is 1.00 e. The first kappa shape index (κ1) is 19.8. The van der Waals surface area contributed by atoms with Crippen LogP contribution in [0, 0.1) is 0 Å². The molecule has 3 aromatic rings. The van der Waals surface area contributed by atoms with E-state index in [4.69, 9.17) is 0 Å². The molecule has 0 atom stereocenters. The van der Waals surface area contributed by atoms with Crippen LogP contribution in [-0.4, -0.2) is 21.8 Å². The van der Waals surface area contributed by atoms with E-state index < -0.39 is 5.97 Å². The molecule has 2 heterocycles. The number of pyridine rings is 1. The van der Waals surface area contributed by atoms with Crippen LogP contribution in [0.15, 0.2) is 48.8 Å². The number of carboxylic acids is 1. The Balaban J connectivity index is 0.00000243. The summed E-state index contributed by atoms with van der Waals surface area (Å²) in [6, 6.07) is 10.5. The molecule has 7 heteroatoms. The number of fused-ring (bicyclic) bond motifs is 1. The maximum absolute atomic E-state index is 11.7. The van der Waals surface area contributed by atoms with Crippen molar-refractivity contribution in [1.29, 1.82) is 0 Å². The first-order chi connectivity index (χ1) is 12.1. The van der Waals surface area contributed by atoms with Crippen molar-refractivity contribution in [2.45, 2.75) is 26.3 Å². The number of carbonyl (C=O) groups is 2. The second-order valence-electron chi connectivity index (χ2n) is 5.80. The summed E-state index contributed by atoms with van der Waals surface area (Å²) in [5, 5.41) is 11.2. The first-order valence-corrected chi connectivity index (χ1v) is 8.11. The van der Waals surface area contributed by atoms with Gasteiger partial charge < -0.3 is 9.90 Å². The van der Waals surface area contributed by atoms with E-state index in [1.54, 1.807) is 24.4 Å². The number of amides is 1. The third-order valence-electron chi connectivity index (χ3n) is 4.12. The minimum absolute atomic E-state index is 0. The number of imidazole rings is 1. The molecule has 3 rings (SSSR count). The molecule has 0 aliphatic carbocycles. The van der Waals surface area contributed by atoms with Crippen molar-refractivity contribution in [2.24, 2.45) is 0 Å². The van der Waals surface area contributed by atoms with Crippen molar-refractivity contribution in [3.63, 3.8) is 0 Å². The minimum Gasteiger partial charge on any atom is -0.545 e. The van der Waals surface area contributed by atoms with Crippen LogP contribution in [0.4, 0.5) is 5.82 Å². The number of hydrogen-bond acceptors (Lipinski definition) is 4. The normalized spacial score (nSPS) is 10.3. The number of rotatable bonds is 7. The predicted molar refractivity (Wildman–Crippen MR) is 92.2 cm³/mol. The molecule has 0 bridgehead atoms. The van der Waals surface area contributed by atoms with Gasteiger partial charge in [-0.3, -0.25) is 14.1 Å². The Morgan fingerprint density at radius 1 is 1.27 bits per heavy atom. The fourth-order valence-electron chi connectivity index (χ4n) is 2.90. The molecule has 0 fully saturated rings. The molecule has 0 spiro atoms. The Hall–Kier alpha value is -2.55. The Kier molecular flexibility index (Phi) is 6.62. The molecular weight excluding hydrogens is 325 g/mol. The van der Waals surface area contributed by atoms with Crippen molar-refractivity contribution >= 4 is 23.8 Å². The van der Waals surface area contributed by atoms with E-state index >= 15 is 0 Å². The van der Waals surface area contributed by atoms with Gasteiger partial charge in [0, 0.05) is 6.20 Å². The minimum atomic E-state index is -1.23. The van der Waals surface area contributed by atoms with Gasteiger partial charge in [-0.15, -0.1) is 0 Å². The van der Waals surface area contributed by atoms with E-state index in [0.29, 0.717) is 5.82 Å². The third kappa shape index (κ3) is 3.98. The number of hydrogen-bond donors (Lipinski definition) is 0. The van der Waals surface area contributed by atoms with Gasteiger partial charge in [0.2, 0.25) is 6.41 Å². The number of aromatic carboxylic acids is 1. The number of carbonyl (C=O) groups excluding carboxylic acids is 2. The van der Waals surface area contributed by atoms with Crippen LogP contribution < -0.4 is 28.9 Å². The average molecular weight is 343 g/mol. The zero-order valence-corrected chi connectivity index (χ0v) is 14.9. The molecule has 0 unspecified atom stereocenters. The van der Waals surface area contributed by atoms with Gasteiger partial charge in [0.25, 0.3) is 0 Å². The van der Waals surface area contributed by atoms with Gasteiger partial charge in [0.15, 0.2) is 0 Å². The second kappa shape index (κ2) is 8.70. The zero-order chi connectivity index (χ0) is 17.8. The smallest absolute Gasteiger partial charge is 0.545 e. The molecular formula is C19H18LiN3O3. The van der Waals surface area contributed by atoms with Gasteiger partial charge in [-0.2, -0.15) is 0 Å². The molecule has 0 saturated heterocycles. The number of benzene rings is 1. The van der Waals surface area contributed by atoms with Crippen LogP contribution in [0.25, 0.3) is 5.65 Å². The molecule has 0 aliphatic rings. The number of aromatic nitrogens is 2. The average Bonchev–Trinajstić information content (AvgIpc) is 3.05. The van der Waals surface area contributed by atoms with E-state index in [-0.39, 0.29) is 31.0 Å². The standard InChI is InChI=1S/C19H19N3O3.Li/c1-2-5-14-7-8-15(19(24)25)10-16(14)12-21(13-23)18-11-20-17-6-3-4-9-22(17)18;/h3-4,6-11,13H,2,5,12H2,1H3,(H,24,25);/q;+1/p-1. The Bertz CT molecular complexity index is 923. The largest absolute Gasteiger partial charge is 1.00 e. The molecule has 128 valence electrons. The number of carboxylic acid groups (broad SMARTS) is 1. The summed E-state index contributed by atoms with van der Waals surface area (Å²) in [5.41, 5.74) is 2.66. The van der Waals surface area contributed by atoms with Gasteiger partial charge in [0.1, 0.15) is 11.5 Å². The van der Waals surface area contributed by atoms with E-state index in [1.807, 2.05) is 28.8 Å². The second-order valence-corrected chi connectivity index (χ2v) is 5.80. The van der Waals surface area contributed by atoms with Gasteiger partial charge >= 0.3 is 18.9 Å². The maximum atomic E-state index is 11.7. The summed E-state index contributed by atoms with van der Waals surface area (Å²) in [6.07, 6.45) is 5.93. The summed E-state index contributed by atoms with van der Waals surface area (Å²) in [4.78, 5) is 28.7. The van der Waals surface area contributed by atoms with Crippen molar-refractivity contribution < 1.29 is 33.6 Å². The van der Waals surface area contributed by atoms with E-state index in [2.05, 4.69) is 11.9 Å². The first-order valence-electron chi connectivity index (χ1n) is 8.11. The molecule has 1 amide bonds. The number of anilines is 1. The van der Waals surface area contributed by atoms with Crippen LogP contribution in [0.3, 0.4) is 0 Å². The molecule has 0 radical (unpaired) electrons. The van der Waals surface area contributed by atoms with Crippen LogP contribution in [0.5, 0.6) is 0 Å². The van der Waals surface area contributed by atoms with Crippen LogP contribution in [0.2, 0.25) is 0 Å². The number of nitrogens with zero attached hydrogens (tertiary/aromatic N) is 3. The van der Waals surface area contributed by atoms with Crippen LogP contribution in [0.1, 0.15) is 34.8 Å². The zero-order valence-electron chi connectivity index (χ0n) is 14.9. The summed E-state index contributed by atoms with van der Waals surface area (Å²) < 4.78 is 1.82. The van der Waals surface area contributed by atoms with Crippen molar-refractivity contribution in [2.75, 3.05) is 4.90 Å². The van der Waals surface area contributed by atoms with E-state index in [0.717, 1.165) is 36.0 Å². The Morgan fingerprint density at radius 3 is 2.77 bits per heavy atom. The van der Waals surface area contributed by atoms with Gasteiger partial charge in [-0.25, -0.2) is 4.98 Å². The fourth-order valence-corrected chi connectivity index (χ4v) is 2.90. The van der Waals surface area contributed by atoms with Crippen molar-refractivity contribution in [1.82, 2.24) is 9.38 Å². The van der Waals surface area contributed by atoms with Crippen LogP contribution in [-0.2, 0) is 17.8 Å². The van der Waals surface area contributed by atoms with E-state index in [9.17, 15) is 14.7 Å². The summed E-state index contributed by atoms with van der Waals surface area (Å²) in [7, 11) is 0. The summed E-state index contributed by atoms with van der Waals surface area (Å²) in [5.74, 6) is -0.594. The Morgan fingerprint density at radius 2 is 2.08 bits per heavy atom. The van der Waals surface area contributed by atoms with Crippen molar-refractivity contribution in [3.8, 4) is 0 Å². The topological polar surface area (TPSA) is 77.7 Å². The van der Waals surface area contributed by atoms with Crippen LogP contribution >= 0.6 is 0 Å². The summed E-state index contributed by atoms with van der Waals surface area (Å²) in [6.45, 7) is 2.32. The third-order valence-corrected chi connectivity index (χ3v) is 4.12. The molecule has 2 aromatic heterocycles. The predicted octanol–water partition coefficient (Wildman–Crippen LogP) is -1.18.